The first-order chi connectivity index (χ1) is 6.09. The molecule has 0 aliphatic carbocycles. The second-order valence-electron chi connectivity index (χ2n) is 3.19. The molecular formula is C9H14ClN3. The Morgan fingerprint density at radius 3 is 2.77 bits per heavy atom. The van der Waals surface area contributed by atoms with Crippen molar-refractivity contribution < 1.29 is 0 Å². The first-order valence-corrected chi connectivity index (χ1v) is 4.55. The minimum absolute atomic E-state index is 0.141. The molecule has 0 saturated carbocycles. The third-order valence-electron chi connectivity index (χ3n) is 1.66. The van der Waals surface area contributed by atoms with Crippen molar-refractivity contribution in [3.8, 4) is 0 Å². The summed E-state index contributed by atoms with van der Waals surface area (Å²) in [5.74, 6) is 0.890. The summed E-state index contributed by atoms with van der Waals surface area (Å²) in [4.78, 5) is 6.17. The molecule has 2 N–H and O–H groups in total. The number of hydrogen-bond donors (Lipinski definition) is 1. The molecule has 0 aliphatic rings. The van der Waals surface area contributed by atoms with Crippen LogP contribution >= 0.6 is 11.6 Å². The van der Waals surface area contributed by atoms with Crippen molar-refractivity contribution in [2.24, 2.45) is 5.73 Å². The number of pyridine rings is 1. The molecular weight excluding hydrogens is 186 g/mol. The van der Waals surface area contributed by atoms with E-state index in [2.05, 4.69) is 4.98 Å². The molecule has 0 spiro atoms. The van der Waals surface area contributed by atoms with E-state index in [1.165, 1.54) is 0 Å². The van der Waals surface area contributed by atoms with Crippen LogP contribution in [0.3, 0.4) is 0 Å². The Bertz CT molecular complexity index is 258. The molecule has 3 nitrogen and oxygen atoms in total. The fourth-order valence-electron chi connectivity index (χ4n) is 1.12. The lowest BCUT2D eigenvalue weighted by atomic mass is 10.3. The van der Waals surface area contributed by atoms with Crippen molar-refractivity contribution in [3.05, 3.63) is 23.4 Å². The number of hydrogen-bond acceptors (Lipinski definition) is 3. The van der Waals surface area contributed by atoms with E-state index in [1.54, 1.807) is 6.20 Å². The predicted octanol–water partition coefficient (Wildman–Crippen LogP) is 1.52. The van der Waals surface area contributed by atoms with Crippen LogP contribution in [-0.4, -0.2) is 24.6 Å². The molecule has 1 heterocycles. The van der Waals surface area contributed by atoms with E-state index in [9.17, 15) is 0 Å². The molecule has 1 rings (SSSR count). The van der Waals surface area contributed by atoms with Crippen molar-refractivity contribution in [3.63, 3.8) is 0 Å². The maximum atomic E-state index is 5.72. The van der Waals surface area contributed by atoms with Crippen molar-refractivity contribution in [2.45, 2.75) is 13.0 Å². The van der Waals surface area contributed by atoms with Crippen molar-refractivity contribution in [2.75, 3.05) is 18.5 Å². The summed E-state index contributed by atoms with van der Waals surface area (Å²) in [5.41, 5.74) is 5.67. The number of halogens is 1. The van der Waals surface area contributed by atoms with Crippen molar-refractivity contribution >= 4 is 17.4 Å². The minimum Gasteiger partial charge on any atom is -0.358 e. The molecule has 72 valence electrons. The maximum Gasteiger partial charge on any atom is 0.128 e. The van der Waals surface area contributed by atoms with Crippen LogP contribution in [0.5, 0.6) is 0 Å². The van der Waals surface area contributed by atoms with Gasteiger partial charge >= 0.3 is 0 Å². The van der Waals surface area contributed by atoms with Gasteiger partial charge in [0.1, 0.15) is 5.82 Å². The molecule has 1 unspecified atom stereocenters. The molecule has 13 heavy (non-hydrogen) atoms. The molecule has 0 amide bonds. The first-order valence-electron chi connectivity index (χ1n) is 4.18. The molecule has 0 saturated heterocycles. The summed E-state index contributed by atoms with van der Waals surface area (Å²) in [6, 6.07) is 3.84. The van der Waals surface area contributed by atoms with Crippen LogP contribution < -0.4 is 10.6 Å². The van der Waals surface area contributed by atoms with Crippen LogP contribution in [0, 0.1) is 0 Å². The SMILES string of the molecule is CC(N)CN(C)c1ccc(Cl)cn1. The van der Waals surface area contributed by atoms with Crippen molar-refractivity contribution in [1.82, 2.24) is 4.98 Å². The zero-order valence-electron chi connectivity index (χ0n) is 7.87. The average molecular weight is 200 g/mol. The van der Waals surface area contributed by atoms with E-state index in [0.29, 0.717) is 5.02 Å². The fourth-order valence-corrected chi connectivity index (χ4v) is 1.23. The van der Waals surface area contributed by atoms with Gasteiger partial charge in [-0.2, -0.15) is 0 Å². The second-order valence-corrected chi connectivity index (χ2v) is 3.63. The molecule has 0 bridgehead atoms. The zero-order chi connectivity index (χ0) is 9.84. The summed E-state index contributed by atoms with van der Waals surface area (Å²) in [7, 11) is 1.96. The monoisotopic (exact) mass is 199 g/mol. The number of rotatable bonds is 3. The predicted molar refractivity (Wildman–Crippen MR) is 56.2 cm³/mol. The van der Waals surface area contributed by atoms with E-state index in [0.717, 1.165) is 12.4 Å². The highest BCUT2D eigenvalue weighted by molar-refractivity contribution is 6.30. The lowest BCUT2D eigenvalue weighted by molar-refractivity contribution is 0.712. The highest BCUT2D eigenvalue weighted by Crippen LogP contribution is 2.12. The van der Waals surface area contributed by atoms with Gasteiger partial charge < -0.3 is 10.6 Å². The molecule has 1 aromatic rings. The third kappa shape index (κ3) is 3.20. The Balaban J connectivity index is 2.66. The summed E-state index contributed by atoms with van der Waals surface area (Å²) in [5, 5.41) is 0.651. The third-order valence-corrected chi connectivity index (χ3v) is 1.89. The van der Waals surface area contributed by atoms with Gasteiger partial charge in [-0.05, 0) is 19.1 Å². The quantitative estimate of drug-likeness (QED) is 0.803. The largest absolute Gasteiger partial charge is 0.358 e. The number of aromatic nitrogens is 1. The van der Waals surface area contributed by atoms with Crippen LogP contribution in [-0.2, 0) is 0 Å². The molecule has 0 radical (unpaired) electrons. The van der Waals surface area contributed by atoms with Crippen LogP contribution in [0.15, 0.2) is 18.3 Å². The topological polar surface area (TPSA) is 42.1 Å². The smallest absolute Gasteiger partial charge is 0.128 e. The highest BCUT2D eigenvalue weighted by Gasteiger charge is 2.03. The number of nitrogens with two attached hydrogens (primary N) is 1. The fraction of sp³-hybridized carbons (Fsp3) is 0.444. The van der Waals surface area contributed by atoms with Crippen LogP contribution in [0.1, 0.15) is 6.92 Å². The van der Waals surface area contributed by atoms with Gasteiger partial charge in [0.25, 0.3) is 0 Å². The Hall–Kier alpha value is -0.800. The maximum absolute atomic E-state index is 5.72. The number of anilines is 1. The molecule has 4 heteroatoms. The van der Waals surface area contributed by atoms with Crippen molar-refractivity contribution in [1.29, 1.82) is 0 Å². The lowest BCUT2D eigenvalue weighted by Crippen LogP contribution is -2.33. The number of likely N-dealkylation sites (N-methyl/N-ethyl adjacent to an activating group) is 1. The highest BCUT2D eigenvalue weighted by atomic mass is 35.5. The van der Waals surface area contributed by atoms with Gasteiger partial charge in [-0.3, -0.25) is 0 Å². The molecule has 1 atom stereocenters. The second kappa shape index (κ2) is 4.44. The average Bonchev–Trinajstić information content (AvgIpc) is 2.04. The lowest BCUT2D eigenvalue weighted by Gasteiger charge is -2.19. The van der Waals surface area contributed by atoms with Gasteiger partial charge in [0.05, 0.1) is 5.02 Å². The van der Waals surface area contributed by atoms with E-state index < -0.39 is 0 Å². The van der Waals surface area contributed by atoms with E-state index in [1.807, 2.05) is 31.0 Å². The van der Waals surface area contributed by atoms with Gasteiger partial charge in [0.15, 0.2) is 0 Å². The summed E-state index contributed by atoms with van der Waals surface area (Å²) >= 11 is 5.72. The summed E-state index contributed by atoms with van der Waals surface area (Å²) in [6.45, 7) is 2.75. The number of nitrogens with zero attached hydrogens (tertiary/aromatic N) is 2. The Kier molecular flexibility index (Phi) is 3.51. The van der Waals surface area contributed by atoms with Crippen LogP contribution in [0.4, 0.5) is 5.82 Å². The minimum atomic E-state index is 0.141. The van der Waals surface area contributed by atoms with Gasteiger partial charge in [0, 0.05) is 25.8 Å². The Morgan fingerprint density at radius 1 is 1.62 bits per heavy atom. The first kappa shape index (κ1) is 10.3. The van der Waals surface area contributed by atoms with Gasteiger partial charge in [-0.25, -0.2) is 4.98 Å². The molecule has 0 fully saturated rings. The Morgan fingerprint density at radius 2 is 2.31 bits per heavy atom. The van der Waals surface area contributed by atoms with Gasteiger partial charge in [-0.1, -0.05) is 11.6 Å². The van der Waals surface area contributed by atoms with Gasteiger partial charge in [0.2, 0.25) is 0 Å². The normalized spacial score (nSPS) is 12.6. The standard InChI is InChI=1S/C9H14ClN3/c1-7(11)6-13(2)9-4-3-8(10)5-12-9/h3-5,7H,6,11H2,1-2H3. The van der Waals surface area contributed by atoms with E-state index in [4.69, 9.17) is 17.3 Å². The van der Waals surface area contributed by atoms with Crippen LogP contribution in [0.25, 0.3) is 0 Å². The van der Waals surface area contributed by atoms with Gasteiger partial charge in [-0.15, -0.1) is 0 Å². The molecule has 0 aliphatic heterocycles. The molecule has 0 aromatic carbocycles. The van der Waals surface area contributed by atoms with E-state index in [-0.39, 0.29) is 6.04 Å². The molecule has 1 aromatic heterocycles. The Labute approximate surface area is 83.5 Å². The van der Waals surface area contributed by atoms with E-state index >= 15 is 0 Å². The summed E-state index contributed by atoms with van der Waals surface area (Å²) < 4.78 is 0. The summed E-state index contributed by atoms with van der Waals surface area (Å²) in [6.07, 6.45) is 1.63. The zero-order valence-corrected chi connectivity index (χ0v) is 8.62. The van der Waals surface area contributed by atoms with Crippen LogP contribution in [0.2, 0.25) is 5.02 Å².